The molecule has 1 aliphatic heterocycles. The molecule has 1 amide bonds. The Morgan fingerprint density at radius 3 is 2.43 bits per heavy atom. The van der Waals surface area contributed by atoms with Crippen LogP contribution in [0.15, 0.2) is 52.0 Å². The highest BCUT2D eigenvalue weighted by atomic mass is 79.9. The molecule has 0 aromatic heterocycles. The number of carbonyl (C=O) groups is 1. The summed E-state index contributed by atoms with van der Waals surface area (Å²) in [6.07, 6.45) is 0.606. The monoisotopic (exact) mass is 473 g/mol. The van der Waals surface area contributed by atoms with E-state index in [1.807, 2.05) is 42.5 Å². The van der Waals surface area contributed by atoms with Crippen molar-refractivity contribution in [2.45, 2.75) is 26.3 Å². The molecule has 2 aromatic carbocycles. The number of carbonyl (C=O) groups excluding carboxylic acids is 1. The Kier molecular flexibility index (Phi) is 7.50. The van der Waals surface area contributed by atoms with Gasteiger partial charge in [0.25, 0.3) is 5.91 Å². The van der Waals surface area contributed by atoms with Gasteiger partial charge in [0.15, 0.2) is 11.5 Å². The SMILES string of the molecule is CCN(CC)CC(=O)N1N=C(c2ccc(Br)cc2)CC1c1cccc(OC)c1OC. The van der Waals surface area contributed by atoms with Gasteiger partial charge in [-0.25, -0.2) is 5.01 Å². The average Bonchev–Trinajstić information content (AvgIpc) is 3.22. The van der Waals surface area contributed by atoms with Crippen LogP contribution >= 0.6 is 15.9 Å². The number of halogens is 1. The van der Waals surface area contributed by atoms with Gasteiger partial charge in [-0.2, -0.15) is 5.10 Å². The maximum Gasteiger partial charge on any atom is 0.257 e. The van der Waals surface area contributed by atoms with Crippen LogP contribution in [0.3, 0.4) is 0 Å². The number of hydrogen-bond donors (Lipinski definition) is 0. The van der Waals surface area contributed by atoms with E-state index in [0.29, 0.717) is 24.5 Å². The van der Waals surface area contributed by atoms with E-state index < -0.39 is 0 Å². The fourth-order valence-corrected chi connectivity index (χ4v) is 3.95. The van der Waals surface area contributed by atoms with Crippen LogP contribution in [-0.2, 0) is 4.79 Å². The van der Waals surface area contributed by atoms with E-state index in [9.17, 15) is 4.79 Å². The number of hydrazone groups is 1. The fourth-order valence-electron chi connectivity index (χ4n) is 3.68. The van der Waals surface area contributed by atoms with Gasteiger partial charge in [-0.3, -0.25) is 9.69 Å². The normalized spacial score (nSPS) is 16.0. The molecule has 3 rings (SSSR count). The van der Waals surface area contributed by atoms with Crippen molar-refractivity contribution >= 4 is 27.5 Å². The summed E-state index contributed by atoms with van der Waals surface area (Å²) in [5.74, 6) is 1.25. The fraction of sp³-hybridized carbons (Fsp3) is 0.391. The van der Waals surface area contributed by atoms with Crippen molar-refractivity contribution in [1.29, 1.82) is 0 Å². The summed E-state index contributed by atoms with van der Waals surface area (Å²) >= 11 is 3.48. The van der Waals surface area contributed by atoms with Gasteiger partial charge < -0.3 is 9.47 Å². The van der Waals surface area contributed by atoms with E-state index in [-0.39, 0.29) is 11.9 Å². The van der Waals surface area contributed by atoms with E-state index in [1.165, 1.54) is 0 Å². The molecule has 0 fully saturated rings. The number of ether oxygens (including phenoxy) is 2. The molecule has 6 nitrogen and oxygen atoms in total. The van der Waals surface area contributed by atoms with Gasteiger partial charge in [0, 0.05) is 16.5 Å². The number of nitrogens with zero attached hydrogens (tertiary/aromatic N) is 3. The summed E-state index contributed by atoms with van der Waals surface area (Å²) in [6.45, 7) is 6.06. The first kappa shape index (κ1) is 22.3. The molecule has 1 unspecified atom stereocenters. The highest BCUT2D eigenvalue weighted by Gasteiger charge is 2.35. The van der Waals surface area contributed by atoms with Crippen LogP contribution in [0, 0.1) is 0 Å². The van der Waals surface area contributed by atoms with Crippen molar-refractivity contribution in [3.05, 3.63) is 58.1 Å². The van der Waals surface area contributed by atoms with Crippen molar-refractivity contribution in [3.8, 4) is 11.5 Å². The second-order valence-electron chi connectivity index (χ2n) is 7.06. The average molecular weight is 474 g/mol. The first-order valence-electron chi connectivity index (χ1n) is 10.1. The molecule has 0 N–H and O–H groups in total. The first-order valence-corrected chi connectivity index (χ1v) is 10.9. The highest BCUT2D eigenvalue weighted by molar-refractivity contribution is 9.10. The quantitative estimate of drug-likeness (QED) is 0.566. The van der Waals surface area contributed by atoms with Crippen LogP contribution in [-0.4, -0.2) is 55.4 Å². The Labute approximate surface area is 186 Å². The maximum atomic E-state index is 13.2. The van der Waals surface area contributed by atoms with E-state index in [2.05, 4.69) is 34.7 Å². The summed E-state index contributed by atoms with van der Waals surface area (Å²) in [5.41, 5.74) is 2.77. The van der Waals surface area contributed by atoms with Crippen LogP contribution in [0.1, 0.15) is 37.4 Å². The maximum absolute atomic E-state index is 13.2. The lowest BCUT2D eigenvalue weighted by Gasteiger charge is -2.26. The Morgan fingerprint density at radius 2 is 1.83 bits per heavy atom. The van der Waals surface area contributed by atoms with Crippen LogP contribution in [0.4, 0.5) is 0 Å². The lowest BCUT2D eigenvalue weighted by molar-refractivity contribution is -0.134. The van der Waals surface area contributed by atoms with E-state index in [4.69, 9.17) is 14.6 Å². The third kappa shape index (κ3) is 4.68. The van der Waals surface area contributed by atoms with Crippen LogP contribution in [0.2, 0.25) is 0 Å². The second kappa shape index (κ2) is 10.1. The molecule has 160 valence electrons. The molecule has 7 heteroatoms. The molecule has 0 radical (unpaired) electrons. The molecule has 2 aromatic rings. The van der Waals surface area contributed by atoms with E-state index >= 15 is 0 Å². The van der Waals surface area contributed by atoms with Crippen molar-refractivity contribution < 1.29 is 14.3 Å². The molecule has 0 bridgehead atoms. The van der Waals surface area contributed by atoms with Crippen LogP contribution < -0.4 is 9.47 Å². The number of benzene rings is 2. The predicted molar refractivity (Wildman–Crippen MR) is 122 cm³/mol. The molecule has 1 atom stereocenters. The van der Waals surface area contributed by atoms with Crippen LogP contribution in [0.25, 0.3) is 0 Å². The largest absolute Gasteiger partial charge is 0.493 e. The van der Waals surface area contributed by atoms with Gasteiger partial charge in [0.1, 0.15) is 0 Å². The molecule has 0 aliphatic carbocycles. The van der Waals surface area contributed by atoms with E-state index in [1.54, 1.807) is 19.2 Å². The Bertz CT molecular complexity index is 910. The standard InChI is InChI=1S/C23H28BrN3O3/c1-5-26(6-2)15-22(28)27-20(18-8-7-9-21(29-3)23(18)30-4)14-19(25-27)16-10-12-17(24)13-11-16/h7-13,20H,5-6,14-15H2,1-4H3. The minimum atomic E-state index is -0.253. The number of hydrogen-bond acceptors (Lipinski definition) is 5. The zero-order chi connectivity index (χ0) is 21.7. The number of likely N-dealkylation sites (N-methyl/N-ethyl adjacent to an activating group) is 1. The molecule has 1 aliphatic rings. The summed E-state index contributed by atoms with van der Waals surface area (Å²) in [4.78, 5) is 15.3. The molecular formula is C23H28BrN3O3. The van der Waals surface area contributed by atoms with Crippen molar-refractivity contribution in [2.24, 2.45) is 5.10 Å². The molecule has 0 saturated carbocycles. The van der Waals surface area contributed by atoms with Crippen molar-refractivity contribution in [2.75, 3.05) is 33.9 Å². The minimum absolute atomic E-state index is 0.0271. The summed E-state index contributed by atoms with van der Waals surface area (Å²) < 4.78 is 12.1. The Hall–Kier alpha value is -2.38. The van der Waals surface area contributed by atoms with Gasteiger partial charge >= 0.3 is 0 Å². The molecule has 30 heavy (non-hydrogen) atoms. The lowest BCUT2D eigenvalue weighted by atomic mass is 9.97. The lowest BCUT2D eigenvalue weighted by Crippen LogP contribution is -2.38. The first-order chi connectivity index (χ1) is 14.5. The third-order valence-corrected chi connectivity index (χ3v) is 5.92. The number of para-hydroxylation sites is 1. The van der Waals surface area contributed by atoms with Crippen LogP contribution in [0.5, 0.6) is 11.5 Å². The Morgan fingerprint density at radius 1 is 1.13 bits per heavy atom. The van der Waals surface area contributed by atoms with Gasteiger partial charge in [-0.15, -0.1) is 0 Å². The van der Waals surface area contributed by atoms with Crippen molar-refractivity contribution in [3.63, 3.8) is 0 Å². The van der Waals surface area contributed by atoms with Gasteiger partial charge in [0.05, 0.1) is 32.5 Å². The van der Waals surface area contributed by atoms with Crippen molar-refractivity contribution in [1.82, 2.24) is 9.91 Å². The van der Waals surface area contributed by atoms with Gasteiger partial charge in [-0.1, -0.05) is 54.0 Å². The van der Waals surface area contributed by atoms with Gasteiger partial charge in [0.2, 0.25) is 0 Å². The van der Waals surface area contributed by atoms with E-state index in [0.717, 1.165) is 34.4 Å². The highest BCUT2D eigenvalue weighted by Crippen LogP contribution is 2.41. The third-order valence-electron chi connectivity index (χ3n) is 5.39. The van der Waals surface area contributed by atoms with Gasteiger partial charge in [-0.05, 0) is 36.9 Å². The molecule has 0 saturated heterocycles. The topological polar surface area (TPSA) is 54.4 Å². The molecule has 0 spiro atoms. The second-order valence-corrected chi connectivity index (χ2v) is 7.97. The molecular weight excluding hydrogens is 446 g/mol. The summed E-state index contributed by atoms with van der Waals surface area (Å²) in [5, 5.41) is 6.38. The minimum Gasteiger partial charge on any atom is -0.493 e. The summed E-state index contributed by atoms with van der Waals surface area (Å²) in [6, 6.07) is 13.5. The Balaban J connectivity index is 2.00. The number of amides is 1. The number of methoxy groups -OCH3 is 2. The zero-order valence-corrected chi connectivity index (χ0v) is 19.5. The molecule has 1 heterocycles. The predicted octanol–water partition coefficient (Wildman–Crippen LogP) is 4.49. The smallest absolute Gasteiger partial charge is 0.257 e. The number of rotatable bonds is 8. The zero-order valence-electron chi connectivity index (χ0n) is 17.9. The summed E-state index contributed by atoms with van der Waals surface area (Å²) in [7, 11) is 3.23.